The van der Waals surface area contributed by atoms with Crippen LogP contribution in [-0.2, 0) is 6.42 Å². The molecular weight excluding hydrogens is 347 g/mol. The Morgan fingerprint density at radius 2 is 2.07 bits per heavy atom. The number of hydrogen-bond donors (Lipinski definition) is 2. The van der Waals surface area contributed by atoms with Crippen molar-refractivity contribution in [2.45, 2.75) is 12.8 Å². The van der Waals surface area contributed by atoms with Gasteiger partial charge in [-0.3, -0.25) is 9.78 Å². The maximum absolute atomic E-state index is 13.1. The smallest absolute Gasteiger partial charge is 0.252 e. The number of hydrogen-bond acceptors (Lipinski definition) is 5. The lowest BCUT2D eigenvalue weighted by Gasteiger charge is -2.04. The van der Waals surface area contributed by atoms with Crippen molar-refractivity contribution in [2.24, 2.45) is 0 Å². The van der Waals surface area contributed by atoms with Gasteiger partial charge in [0.2, 0.25) is 0 Å². The first kappa shape index (κ1) is 18.1. The fraction of sp³-hybridized carbons (Fsp3) is 0.158. The Kier molecular flexibility index (Phi) is 5.42. The lowest BCUT2D eigenvalue weighted by atomic mass is 10.1. The van der Waals surface area contributed by atoms with E-state index >= 15 is 0 Å². The second-order valence-corrected chi connectivity index (χ2v) is 5.81. The number of aromatic nitrogens is 3. The van der Waals surface area contributed by atoms with Gasteiger partial charge in [0.25, 0.3) is 5.91 Å². The van der Waals surface area contributed by atoms with Crippen LogP contribution in [0.1, 0.15) is 28.0 Å². The first-order valence-corrected chi connectivity index (χ1v) is 8.32. The zero-order valence-corrected chi connectivity index (χ0v) is 14.4. The van der Waals surface area contributed by atoms with E-state index < -0.39 is 0 Å². The zero-order valence-electron chi connectivity index (χ0n) is 14.4. The van der Waals surface area contributed by atoms with Crippen LogP contribution >= 0.6 is 0 Å². The van der Waals surface area contributed by atoms with Crippen LogP contribution < -0.4 is 11.1 Å². The molecular formula is C19H17FN6O. The molecule has 27 heavy (non-hydrogen) atoms. The summed E-state index contributed by atoms with van der Waals surface area (Å²) in [6, 6.07) is 11.1. The number of nitriles is 1. The highest BCUT2D eigenvalue weighted by Gasteiger charge is 2.16. The molecule has 0 aliphatic rings. The average molecular weight is 364 g/mol. The summed E-state index contributed by atoms with van der Waals surface area (Å²) in [6.07, 6.45) is 4.14. The molecule has 0 bridgehead atoms. The minimum absolute atomic E-state index is 0.207. The van der Waals surface area contributed by atoms with E-state index in [-0.39, 0.29) is 23.1 Å². The van der Waals surface area contributed by atoms with E-state index in [4.69, 9.17) is 5.73 Å². The van der Waals surface area contributed by atoms with Crippen molar-refractivity contribution in [3.63, 3.8) is 0 Å². The molecule has 0 saturated heterocycles. The largest absolute Gasteiger partial charge is 0.382 e. The zero-order chi connectivity index (χ0) is 19.2. The number of nitrogens with zero attached hydrogens (tertiary/aromatic N) is 4. The van der Waals surface area contributed by atoms with Crippen molar-refractivity contribution in [3.8, 4) is 11.8 Å². The minimum Gasteiger partial charge on any atom is -0.382 e. The third kappa shape index (κ3) is 4.10. The van der Waals surface area contributed by atoms with Crippen LogP contribution in [0.5, 0.6) is 0 Å². The summed E-state index contributed by atoms with van der Waals surface area (Å²) < 4.78 is 14.5. The number of nitrogen functional groups attached to an aromatic ring is 1. The van der Waals surface area contributed by atoms with Gasteiger partial charge in [0.15, 0.2) is 0 Å². The fourth-order valence-electron chi connectivity index (χ4n) is 2.61. The SMILES string of the molecule is N#Cc1c(CCCNC(=O)c2cccnc2)nn(-c2ccc(F)cc2)c1N. The predicted molar refractivity (Wildman–Crippen MR) is 97.5 cm³/mol. The molecule has 136 valence electrons. The van der Waals surface area contributed by atoms with Gasteiger partial charge in [-0.1, -0.05) is 0 Å². The van der Waals surface area contributed by atoms with Crippen molar-refractivity contribution < 1.29 is 9.18 Å². The molecule has 3 rings (SSSR count). The van der Waals surface area contributed by atoms with E-state index in [2.05, 4.69) is 21.5 Å². The van der Waals surface area contributed by atoms with Crippen molar-refractivity contribution in [2.75, 3.05) is 12.3 Å². The predicted octanol–water partition coefficient (Wildman–Crippen LogP) is 2.22. The number of pyridine rings is 1. The second-order valence-electron chi connectivity index (χ2n) is 5.81. The summed E-state index contributed by atoms with van der Waals surface area (Å²) in [5, 5.41) is 16.6. The maximum Gasteiger partial charge on any atom is 0.252 e. The van der Waals surface area contributed by atoms with E-state index in [0.717, 1.165) is 0 Å². The van der Waals surface area contributed by atoms with Gasteiger partial charge in [-0.05, 0) is 49.2 Å². The molecule has 0 saturated carbocycles. The van der Waals surface area contributed by atoms with Crippen LogP contribution in [0.25, 0.3) is 5.69 Å². The molecule has 2 heterocycles. The van der Waals surface area contributed by atoms with E-state index in [0.29, 0.717) is 36.3 Å². The molecule has 1 amide bonds. The molecule has 0 unspecified atom stereocenters. The van der Waals surface area contributed by atoms with E-state index in [1.165, 1.54) is 35.1 Å². The Balaban J connectivity index is 1.65. The molecule has 0 radical (unpaired) electrons. The van der Waals surface area contributed by atoms with Crippen molar-refractivity contribution in [3.05, 3.63) is 71.4 Å². The Morgan fingerprint density at radius 3 is 2.74 bits per heavy atom. The molecule has 0 fully saturated rings. The molecule has 1 aromatic carbocycles. The molecule has 0 aliphatic carbocycles. The van der Waals surface area contributed by atoms with Crippen LogP contribution in [0, 0.1) is 17.1 Å². The lowest BCUT2D eigenvalue weighted by molar-refractivity contribution is 0.0953. The molecule has 0 spiro atoms. The highest BCUT2D eigenvalue weighted by molar-refractivity contribution is 5.93. The number of nitrogens with one attached hydrogen (secondary N) is 1. The Bertz CT molecular complexity index is 976. The summed E-state index contributed by atoms with van der Waals surface area (Å²) >= 11 is 0. The van der Waals surface area contributed by atoms with Gasteiger partial charge < -0.3 is 11.1 Å². The number of anilines is 1. The number of aryl methyl sites for hydroxylation is 1. The van der Waals surface area contributed by atoms with E-state index in [1.807, 2.05) is 0 Å². The molecule has 0 aliphatic heterocycles. The van der Waals surface area contributed by atoms with Crippen LogP contribution in [0.3, 0.4) is 0 Å². The van der Waals surface area contributed by atoms with Crippen LogP contribution in [0.15, 0.2) is 48.8 Å². The van der Waals surface area contributed by atoms with Crippen molar-refractivity contribution in [1.82, 2.24) is 20.1 Å². The Morgan fingerprint density at radius 1 is 1.30 bits per heavy atom. The van der Waals surface area contributed by atoms with Crippen molar-refractivity contribution >= 4 is 11.7 Å². The van der Waals surface area contributed by atoms with Gasteiger partial charge >= 0.3 is 0 Å². The molecule has 3 aromatic rings. The van der Waals surface area contributed by atoms with E-state index in [1.54, 1.807) is 18.3 Å². The van der Waals surface area contributed by atoms with Crippen molar-refractivity contribution in [1.29, 1.82) is 5.26 Å². The fourth-order valence-corrected chi connectivity index (χ4v) is 2.61. The molecule has 8 heteroatoms. The van der Waals surface area contributed by atoms with Crippen LogP contribution in [0.4, 0.5) is 10.2 Å². The normalized spacial score (nSPS) is 10.4. The number of carbonyl (C=O) groups is 1. The monoisotopic (exact) mass is 364 g/mol. The minimum atomic E-state index is -0.366. The lowest BCUT2D eigenvalue weighted by Crippen LogP contribution is -2.24. The second kappa shape index (κ2) is 8.10. The molecule has 3 N–H and O–H groups in total. The maximum atomic E-state index is 13.1. The highest BCUT2D eigenvalue weighted by atomic mass is 19.1. The quantitative estimate of drug-likeness (QED) is 0.652. The summed E-state index contributed by atoms with van der Waals surface area (Å²) in [7, 11) is 0. The van der Waals surface area contributed by atoms with Gasteiger partial charge in [-0.2, -0.15) is 10.4 Å². The van der Waals surface area contributed by atoms with Gasteiger partial charge in [0.05, 0.1) is 16.9 Å². The number of nitrogens with two attached hydrogens (primary N) is 1. The number of carbonyl (C=O) groups excluding carboxylic acids is 1. The number of halogens is 1. The number of amides is 1. The topological polar surface area (TPSA) is 110 Å². The Labute approximate surface area is 155 Å². The van der Waals surface area contributed by atoms with Gasteiger partial charge in [-0.15, -0.1) is 0 Å². The number of rotatable bonds is 6. The first-order chi connectivity index (χ1) is 13.1. The van der Waals surface area contributed by atoms with Crippen LogP contribution in [-0.4, -0.2) is 27.2 Å². The molecule has 2 aromatic heterocycles. The van der Waals surface area contributed by atoms with Gasteiger partial charge in [0.1, 0.15) is 23.3 Å². The average Bonchev–Trinajstić information content (AvgIpc) is 3.01. The van der Waals surface area contributed by atoms with Gasteiger partial charge in [-0.25, -0.2) is 9.07 Å². The Hall–Kier alpha value is -3.73. The molecule has 0 atom stereocenters. The van der Waals surface area contributed by atoms with Gasteiger partial charge in [0, 0.05) is 18.9 Å². The summed E-state index contributed by atoms with van der Waals surface area (Å²) in [5.41, 5.74) is 7.90. The summed E-state index contributed by atoms with van der Waals surface area (Å²) in [5.74, 6) is -0.368. The van der Waals surface area contributed by atoms with E-state index in [9.17, 15) is 14.4 Å². The highest BCUT2D eigenvalue weighted by Crippen LogP contribution is 2.21. The standard InChI is InChI=1S/C19H17FN6O/c20-14-5-7-15(8-6-14)26-18(22)16(11-21)17(25-26)4-2-10-24-19(27)13-3-1-9-23-12-13/h1,3,5-9,12H,2,4,10,22H2,(H,24,27). The van der Waals surface area contributed by atoms with Crippen LogP contribution in [0.2, 0.25) is 0 Å². The number of benzene rings is 1. The summed E-state index contributed by atoms with van der Waals surface area (Å²) in [4.78, 5) is 15.9. The summed E-state index contributed by atoms with van der Waals surface area (Å²) in [6.45, 7) is 0.419. The third-order valence-corrected chi connectivity index (χ3v) is 3.98. The first-order valence-electron chi connectivity index (χ1n) is 8.32. The third-order valence-electron chi connectivity index (χ3n) is 3.98. The molecule has 7 nitrogen and oxygen atoms in total.